The lowest BCUT2D eigenvalue weighted by molar-refractivity contribution is 0.0696. The zero-order valence-electron chi connectivity index (χ0n) is 7.71. The fraction of sp³-hybridized carbons (Fsp3) is 0.300. The Hall–Kier alpha value is -0.770. The van der Waals surface area contributed by atoms with Gasteiger partial charge in [0.1, 0.15) is 5.50 Å². The molecule has 0 saturated carbocycles. The first-order chi connectivity index (χ1) is 7.08. The molecule has 3 nitrogen and oxygen atoms in total. The summed E-state index contributed by atoms with van der Waals surface area (Å²) in [6.07, 6.45) is 0.585. The van der Waals surface area contributed by atoms with Crippen LogP contribution in [-0.2, 0) is 6.42 Å². The number of rotatable bonds is 1. The Morgan fingerprint density at radius 2 is 2.20 bits per heavy atom. The number of nitrogens with one attached hydrogen (secondary N) is 1. The molecule has 2 N–H and O–H groups in total. The van der Waals surface area contributed by atoms with Crippen LogP contribution in [-0.4, -0.2) is 16.6 Å². The summed E-state index contributed by atoms with van der Waals surface area (Å²) >= 11 is 12.0. The third-order valence-electron chi connectivity index (χ3n) is 2.39. The minimum Gasteiger partial charge on any atom is -0.478 e. The van der Waals surface area contributed by atoms with Crippen LogP contribution < -0.4 is 5.32 Å². The van der Waals surface area contributed by atoms with Gasteiger partial charge in [-0.3, -0.25) is 5.32 Å². The molecular weight excluding hydrogens is 237 g/mol. The lowest BCUT2D eigenvalue weighted by atomic mass is 9.98. The molecule has 0 spiro atoms. The summed E-state index contributed by atoms with van der Waals surface area (Å²) in [4.78, 5) is 10.8. The van der Waals surface area contributed by atoms with E-state index in [0.29, 0.717) is 6.42 Å². The van der Waals surface area contributed by atoms with E-state index in [4.69, 9.17) is 28.3 Å². The number of alkyl halides is 2. The number of carboxylic acid groups (broad SMARTS) is 1. The van der Waals surface area contributed by atoms with Gasteiger partial charge in [-0.05, 0) is 23.3 Å². The quantitative estimate of drug-likeness (QED) is 0.590. The molecule has 1 aliphatic heterocycles. The number of hydrogen-bond acceptors (Lipinski definition) is 2. The van der Waals surface area contributed by atoms with Crippen LogP contribution in [0.25, 0.3) is 0 Å². The monoisotopic (exact) mass is 245 g/mol. The Kier molecular flexibility index (Phi) is 2.87. The SMILES string of the molecule is O=C(O)c1ccc2c(c1)CC(Cl)NC2Cl. The van der Waals surface area contributed by atoms with Crippen molar-refractivity contribution in [3.05, 3.63) is 34.9 Å². The first kappa shape index (κ1) is 10.7. The lowest BCUT2D eigenvalue weighted by Crippen LogP contribution is -2.33. The van der Waals surface area contributed by atoms with Crippen LogP contribution in [0.1, 0.15) is 27.0 Å². The summed E-state index contributed by atoms with van der Waals surface area (Å²) in [7, 11) is 0. The maximum Gasteiger partial charge on any atom is 0.335 e. The second-order valence-electron chi connectivity index (χ2n) is 3.42. The Balaban J connectivity index is 2.43. The van der Waals surface area contributed by atoms with Crippen LogP contribution in [0.3, 0.4) is 0 Å². The molecule has 0 amide bonds. The lowest BCUT2D eigenvalue weighted by Gasteiger charge is -2.26. The molecule has 0 bridgehead atoms. The van der Waals surface area contributed by atoms with Crippen LogP contribution >= 0.6 is 23.2 Å². The van der Waals surface area contributed by atoms with E-state index in [1.165, 1.54) is 0 Å². The molecule has 1 heterocycles. The van der Waals surface area contributed by atoms with Crippen molar-refractivity contribution in [3.8, 4) is 0 Å². The number of fused-ring (bicyclic) bond motifs is 1. The van der Waals surface area contributed by atoms with Crippen LogP contribution in [0.5, 0.6) is 0 Å². The van der Waals surface area contributed by atoms with Crippen LogP contribution in [0.2, 0.25) is 0 Å². The Labute approximate surface area is 97.0 Å². The molecular formula is C10H9Cl2NO2. The smallest absolute Gasteiger partial charge is 0.335 e. The first-order valence-corrected chi connectivity index (χ1v) is 5.35. The van der Waals surface area contributed by atoms with E-state index in [1.54, 1.807) is 18.2 Å². The van der Waals surface area contributed by atoms with Crippen molar-refractivity contribution >= 4 is 29.2 Å². The van der Waals surface area contributed by atoms with Crippen molar-refractivity contribution in [2.75, 3.05) is 0 Å². The van der Waals surface area contributed by atoms with Crippen LogP contribution in [0.15, 0.2) is 18.2 Å². The molecule has 2 unspecified atom stereocenters. The fourth-order valence-electron chi connectivity index (χ4n) is 1.66. The highest BCUT2D eigenvalue weighted by atomic mass is 35.5. The molecule has 5 heteroatoms. The van der Waals surface area contributed by atoms with Crippen molar-refractivity contribution in [1.29, 1.82) is 0 Å². The van der Waals surface area contributed by atoms with Gasteiger partial charge in [0, 0.05) is 6.42 Å². The maximum atomic E-state index is 10.8. The summed E-state index contributed by atoms with van der Waals surface area (Å²) in [5.74, 6) is -0.937. The predicted molar refractivity (Wildman–Crippen MR) is 58.5 cm³/mol. The second-order valence-corrected chi connectivity index (χ2v) is 4.38. The average molecular weight is 246 g/mol. The van der Waals surface area contributed by atoms with Gasteiger partial charge in [-0.25, -0.2) is 4.79 Å². The number of halogens is 2. The summed E-state index contributed by atoms with van der Waals surface area (Å²) in [5, 5.41) is 11.8. The minimum atomic E-state index is -0.937. The summed E-state index contributed by atoms with van der Waals surface area (Å²) in [6.45, 7) is 0. The summed E-state index contributed by atoms with van der Waals surface area (Å²) in [6, 6.07) is 4.91. The second kappa shape index (κ2) is 4.00. The zero-order valence-corrected chi connectivity index (χ0v) is 9.22. The van der Waals surface area contributed by atoms with Gasteiger partial charge in [-0.2, -0.15) is 0 Å². The normalized spacial score (nSPS) is 24.7. The van der Waals surface area contributed by atoms with Crippen LogP contribution in [0.4, 0.5) is 0 Å². The van der Waals surface area contributed by atoms with Gasteiger partial charge >= 0.3 is 5.97 Å². The third-order valence-corrected chi connectivity index (χ3v) is 3.03. The van der Waals surface area contributed by atoms with Gasteiger partial charge in [0.05, 0.1) is 11.1 Å². The van der Waals surface area contributed by atoms with Gasteiger partial charge in [0.25, 0.3) is 0 Å². The Bertz CT molecular complexity index is 408. The molecule has 0 aliphatic carbocycles. The van der Waals surface area contributed by atoms with Crippen molar-refractivity contribution in [2.24, 2.45) is 0 Å². The molecule has 0 aromatic heterocycles. The molecule has 80 valence electrons. The molecule has 2 atom stereocenters. The Morgan fingerprint density at radius 1 is 1.47 bits per heavy atom. The largest absolute Gasteiger partial charge is 0.478 e. The van der Waals surface area contributed by atoms with E-state index in [2.05, 4.69) is 5.32 Å². The van der Waals surface area contributed by atoms with Gasteiger partial charge in [0.15, 0.2) is 0 Å². The van der Waals surface area contributed by atoms with E-state index in [1.807, 2.05) is 0 Å². The highest BCUT2D eigenvalue weighted by Gasteiger charge is 2.23. The summed E-state index contributed by atoms with van der Waals surface area (Å²) < 4.78 is 0. The van der Waals surface area contributed by atoms with Gasteiger partial charge in [-0.15, -0.1) is 23.2 Å². The van der Waals surface area contributed by atoms with Crippen molar-refractivity contribution < 1.29 is 9.90 Å². The predicted octanol–water partition coefficient (Wildman–Crippen LogP) is 2.33. The molecule has 15 heavy (non-hydrogen) atoms. The number of carbonyl (C=O) groups is 1. The molecule has 0 fully saturated rings. The number of carboxylic acids is 1. The van der Waals surface area contributed by atoms with E-state index in [0.717, 1.165) is 11.1 Å². The average Bonchev–Trinajstić information content (AvgIpc) is 2.16. The molecule has 1 aromatic carbocycles. The highest BCUT2D eigenvalue weighted by Crippen LogP contribution is 2.29. The molecule has 1 aromatic rings. The molecule has 0 saturated heterocycles. The molecule has 2 rings (SSSR count). The third kappa shape index (κ3) is 2.09. The van der Waals surface area contributed by atoms with E-state index < -0.39 is 5.97 Å². The first-order valence-electron chi connectivity index (χ1n) is 4.48. The van der Waals surface area contributed by atoms with Crippen LogP contribution in [0, 0.1) is 0 Å². The standard InChI is InChI=1S/C10H9Cl2NO2/c11-8-4-6-3-5(10(14)15)1-2-7(6)9(12)13-8/h1-3,8-9,13H,4H2,(H,14,15). The highest BCUT2D eigenvalue weighted by molar-refractivity contribution is 6.23. The van der Waals surface area contributed by atoms with Gasteiger partial charge in [-0.1, -0.05) is 6.07 Å². The van der Waals surface area contributed by atoms with E-state index in [9.17, 15) is 4.79 Å². The van der Waals surface area contributed by atoms with Gasteiger partial charge < -0.3 is 5.11 Å². The fourth-order valence-corrected chi connectivity index (χ4v) is 2.39. The number of aromatic carboxylic acids is 1. The number of hydrogen-bond donors (Lipinski definition) is 2. The molecule has 0 radical (unpaired) electrons. The topological polar surface area (TPSA) is 49.3 Å². The van der Waals surface area contributed by atoms with Crippen molar-refractivity contribution in [1.82, 2.24) is 5.32 Å². The Morgan fingerprint density at radius 3 is 2.87 bits per heavy atom. The maximum absolute atomic E-state index is 10.8. The zero-order chi connectivity index (χ0) is 11.0. The van der Waals surface area contributed by atoms with Crippen molar-refractivity contribution in [3.63, 3.8) is 0 Å². The van der Waals surface area contributed by atoms with Gasteiger partial charge in [0.2, 0.25) is 0 Å². The molecule has 1 aliphatic rings. The number of benzene rings is 1. The minimum absolute atomic E-state index is 0.246. The van der Waals surface area contributed by atoms with E-state index >= 15 is 0 Å². The summed E-state index contributed by atoms with van der Waals surface area (Å²) in [5.41, 5.74) is 1.47. The van der Waals surface area contributed by atoms with E-state index in [-0.39, 0.29) is 16.6 Å². The van der Waals surface area contributed by atoms with Crippen molar-refractivity contribution in [2.45, 2.75) is 17.4 Å².